The molecule has 1 aromatic carbocycles. The van der Waals surface area contributed by atoms with Crippen LogP contribution in [0.4, 0.5) is 5.69 Å². The van der Waals surface area contributed by atoms with Gasteiger partial charge in [-0.15, -0.1) is 0 Å². The first kappa shape index (κ1) is 19.2. The average Bonchev–Trinajstić information content (AvgIpc) is 2.61. The second kappa shape index (κ2) is 9.97. The van der Waals surface area contributed by atoms with Crippen LogP contribution in [0.1, 0.15) is 52.4 Å². The van der Waals surface area contributed by atoms with Gasteiger partial charge in [-0.2, -0.15) is 0 Å². The highest BCUT2D eigenvalue weighted by atomic mass is 16.5. The van der Waals surface area contributed by atoms with E-state index >= 15 is 0 Å². The molecule has 0 radical (unpaired) electrons. The third-order valence-electron chi connectivity index (χ3n) is 4.25. The average molecular weight is 346 g/mol. The van der Waals surface area contributed by atoms with Gasteiger partial charge < -0.3 is 19.8 Å². The lowest BCUT2D eigenvalue weighted by atomic mass is 10.1. The molecule has 1 heterocycles. The van der Waals surface area contributed by atoms with Gasteiger partial charge >= 0.3 is 0 Å². The van der Waals surface area contributed by atoms with Crippen LogP contribution in [0, 0.1) is 0 Å². The van der Waals surface area contributed by atoms with E-state index < -0.39 is 0 Å². The summed E-state index contributed by atoms with van der Waals surface area (Å²) in [6.45, 7) is 5.61. The van der Waals surface area contributed by atoms with Crippen molar-refractivity contribution in [2.45, 2.75) is 52.4 Å². The summed E-state index contributed by atoms with van der Waals surface area (Å²) in [7, 11) is 1.57. The second-order valence-corrected chi connectivity index (χ2v) is 6.22. The number of H-pyrrole nitrogens is 1. The molecule has 25 heavy (non-hydrogen) atoms. The van der Waals surface area contributed by atoms with E-state index in [1.807, 2.05) is 25.1 Å². The van der Waals surface area contributed by atoms with Crippen LogP contribution in [-0.2, 0) is 0 Å². The van der Waals surface area contributed by atoms with E-state index in [4.69, 9.17) is 9.47 Å². The largest absolute Gasteiger partial charge is 0.492 e. The molecule has 0 aliphatic heterocycles. The highest BCUT2D eigenvalue weighted by Gasteiger charge is 2.15. The van der Waals surface area contributed by atoms with E-state index in [1.165, 1.54) is 25.7 Å². The maximum Gasteiger partial charge on any atom is 0.294 e. The Balaban J connectivity index is 2.10. The minimum Gasteiger partial charge on any atom is -0.492 e. The van der Waals surface area contributed by atoms with E-state index in [9.17, 15) is 4.79 Å². The van der Waals surface area contributed by atoms with Crippen LogP contribution in [0.5, 0.6) is 11.5 Å². The molecule has 2 rings (SSSR count). The number of rotatable bonds is 11. The zero-order chi connectivity index (χ0) is 18.1. The van der Waals surface area contributed by atoms with Gasteiger partial charge in [-0.05, 0) is 31.5 Å². The third-order valence-corrected chi connectivity index (χ3v) is 4.25. The number of anilines is 1. The van der Waals surface area contributed by atoms with E-state index in [0.717, 1.165) is 36.0 Å². The maximum atomic E-state index is 12.4. The summed E-state index contributed by atoms with van der Waals surface area (Å²) in [6.07, 6.45) is 7.09. The van der Waals surface area contributed by atoms with Crippen molar-refractivity contribution in [3.05, 3.63) is 28.6 Å². The summed E-state index contributed by atoms with van der Waals surface area (Å²) >= 11 is 0. The highest BCUT2D eigenvalue weighted by Crippen LogP contribution is 2.32. The van der Waals surface area contributed by atoms with E-state index in [1.54, 1.807) is 7.11 Å². The molecule has 138 valence electrons. The molecule has 1 aromatic heterocycles. The Morgan fingerprint density at radius 2 is 1.80 bits per heavy atom. The summed E-state index contributed by atoms with van der Waals surface area (Å²) in [5.74, 6) is 0.785. The van der Waals surface area contributed by atoms with Gasteiger partial charge in [0.2, 0.25) is 5.75 Å². The predicted octanol–water partition coefficient (Wildman–Crippen LogP) is 4.71. The number of benzene rings is 1. The van der Waals surface area contributed by atoms with Gasteiger partial charge in [-0.25, -0.2) is 0 Å². The number of nitrogens with one attached hydrogen (secondary N) is 2. The molecule has 0 saturated carbocycles. The van der Waals surface area contributed by atoms with Crippen LogP contribution in [0.2, 0.25) is 0 Å². The summed E-state index contributed by atoms with van der Waals surface area (Å²) in [5.41, 5.74) is 1.46. The first-order valence-corrected chi connectivity index (χ1v) is 9.32. The van der Waals surface area contributed by atoms with Crippen LogP contribution in [0.15, 0.2) is 23.0 Å². The fraction of sp³-hybridized carbons (Fsp3) is 0.550. The number of hydrogen-bond acceptors (Lipinski definition) is 4. The van der Waals surface area contributed by atoms with Crippen LogP contribution in [0.25, 0.3) is 10.9 Å². The fourth-order valence-corrected chi connectivity index (χ4v) is 2.95. The molecule has 0 aliphatic rings. The SMILES string of the molecule is CCCCCCCCOc1c(OC)c2ccc(NCC)cc2[nH]c1=O. The van der Waals surface area contributed by atoms with Crippen molar-refractivity contribution in [3.63, 3.8) is 0 Å². The Kier molecular flexibility index (Phi) is 7.64. The third kappa shape index (κ3) is 5.15. The van der Waals surface area contributed by atoms with Crippen molar-refractivity contribution >= 4 is 16.6 Å². The second-order valence-electron chi connectivity index (χ2n) is 6.22. The first-order chi connectivity index (χ1) is 12.2. The number of aromatic amines is 1. The van der Waals surface area contributed by atoms with Gasteiger partial charge in [0.25, 0.3) is 5.56 Å². The van der Waals surface area contributed by atoms with Gasteiger partial charge in [0, 0.05) is 17.6 Å². The smallest absolute Gasteiger partial charge is 0.294 e. The van der Waals surface area contributed by atoms with Crippen molar-refractivity contribution in [2.75, 3.05) is 25.6 Å². The molecule has 0 unspecified atom stereocenters. The topological polar surface area (TPSA) is 63.4 Å². The lowest BCUT2D eigenvalue weighted by Crippen LogP contribution is -2.14. The molecule has 2 N–H and O–H groups in total. The van der Waals surface area contributed by atoms with Gasteiger partial charge in [-0.1, -0.05) is 39.0 Å². The molecule has 5 heteroatoms. The molecule has 0 bridgehead atoms. The molecule has 0 fully saturated rings. The molecule has 0 spiro atoms. The fourth-order valence-electron chi connectivity index (χ4n) is 2.95. The molecule has 0 amide bonds. The number of methoxy groups -OCH3 is 1. The zero-order valence-corrected chi connectivity index (χ0v) is 15.6. The summed E-state index contributed by atoms with van der Waals surface area (Å²) in [5, 5.41) is 4.09. The molecule has 5 nitrogen and oxygen atoms in total. The van der Waals surface area contributed by atoms with Gasteiger partial charge in [0.1, 0.15) is 0 Å². The van der Waals surface area contributed by atoms with Gasteiger partial charge in [0.15, 0.2) is 5.75 Å². The van der Waals surface area contributed by atoms with Crippen molar-refractivity contribution in [3.8, 4) is 11.5 Å². The molecule has 2 aromatic rings. The summed E-state index contributed by atoms with van der Waals surface area (Å²) in [4.78, 5) is 15.3. The zero-order valence-electron chi connectivity index (χ0n) is 15.6. The number of aromatic nitrogens is 1. The number of pyridine rings is 1. The van der Waals surface area contributed by atoms with Crippen molar-refractivity contribution in [2.24, 2.45) is 0 Å². The normalized spacial score (nSPS) is 10.8. The number of fused-ring (bicyclic) bond motifs is 1. The number of ether oxygens (including phenoxy) is 2. The summed E-state index contributed by atoms with van der Waals surface area (Å²) < 4.78 is 11.3. The first-order valence-electron chi connectivity index (χ1n) is 9.32. The lowest BCUT2D eigenvalue weighted by Gasteiger charge is -2.13. The highest BCUT2D eigenvalue weighted by molar-refractivity contribution is 5.89. The van der Waals surface area contributed by atoms with Crippen LogP contribution in [0.3, 0.4) is 0 Å². The van der Waals surface area contributed by atoms with E-state index in [0.29, 0.717) is 12.4 Å². The van der Waals surface area contributed by atoms with Crippen LogP contribution < -0.4 is 20.3 Å². The molecule has 0 atom stereocenters. The van der Waals surface area contributed by atoms with Gasteiger partial charge in [0.05, 0.1) is 19.2 Å². The minimum absolute atomic E-state index is 0.246. The van der Waals surface area contributed by atoms with Crippen molar-refractivity contribution < 1.29 is 9.47 Å². The van der Waals surface area contributed by atoms with Crippen molar-refractivity contribution in [1.82, 2.24) is 4.98 Å². The van der Waals surface area contributed by atoms with E-state index in [2.05, 4.69) is 17.2 Å². The lowest BCUT2D eigenvalue weighted by molar-refractivity contribution is 0.282. The minimum atomic E-state index is -0.246. The molecule has 0 saturated heterocycles. The molecular weight excluding hydrogens is 316 g/mol. The van der Waals surface area contributed by atoms with Crippen molar-refractivity contribution in [1.29, 1.82) is 0 Å². The standard InChI is InChI=1S/C20H30N2O3/c1-4-6-7-8-9-10-13-25-19-18(24-3)16-12-11-15(21-5-2)14-17(16)22-20(19)23/h11-12,14,21H,4-10,13H2,1-3H3,(H,22,23). The summed E-state index contributed by atoms with van der Waals surface area (Å²) in [6, 6.07) is 5.84. The molecular formula is C20H30N2O3. The number of hydrogen-bond donors (Lipinski definition) is 2. The van der Waals surface area contributed by atoms with E-state index in [-0.39, 0.29) is 11.3 Å². The monoisotopic (exact) mass is 346 g/mol. The van der Waals surface area contributed by atoms with Crippen LogP contribution in [-0.4, -0.2) is 25.2 Å². The Bertz CT molecular complexity index is 725. The number of unbranched alkanes of at least 4 members (excludes halogenated alkanes) is 5. The predicted molar refractivity (Wildman–Crippen MR) is 104 cm³/mol. The Morgan fingerprint density at radius 3 is 2.52 bits per heavy atom. The van der Waals surface area contributed by atoms with Gasteiger partial charge in [-0.3, -0.25) is 4.79 Å². The molecule has 0 aliphatic carbocycles. The Morgan fingerprint density at radius 1 is 1.04 bits per heavy atom. The Hall–Kier alpha value is -2.17. The Labute approximate surface area is 149 Å². The van der Waals surface area contributed by atoms with Crippen LogP contribution >= 0.6 is 0 Å². The quantitative estimate of drug-likeness (QED) is 0.579. The maximum absolute atomic E-state index is 12.4.